The van der Waals surface area contributed by atoms with Crippen molar-refractivity contribution < 1.29 is 20.1 Å². The summed E-state index contributed by atoms with van der Waals surface area (Å²) in [5, 5.41) is 29.0. The maximum absolute atomic E-state index is 10.8. The molecule has 1 saturated heterocycles. The third kappa shape index (κ3) is 9.00. The third-order valence-corrected chi connectivity index (χ3v) is 8.32. The number of aromatic hydroxyl groups is 1. The Bertz CT molecular complexity index is 997. The molecule has 1 aromatic rings. The molecule has 38 heavy (non-hydrogen) atoms. The standard InChI is InChI=1S/C33H51NO4/c1-25(13-9-15-28(23-35)24-36)11-8-12-26(2)14-10-17-33(4)18-16-29-30(22-34-19-6-5-7-20-34)31(37)21-27(3)32(29)38-33/h11,14-15,21,35-37H,5-10,12-13,16-20,22-24H2,1-4H3/b25-11+,26-14+. The quantitative estimate of drug-likeness (QED) is 0.244. The number of aryl methyl sites for hydroxylation is 1. The Labute approximate surface area is 230 Å². The van der Waals surface area contributed by atoms with E-state index in [2.05, 4.69) is 44.7 Å². The zero-order chi connectivity index (χ0) is 27.5. The van der Waals surface area contributed by atoms with Crippen LogP contribution in [0.2, 0.25) is 0 Å². The van der Waals surface area contributed by atoms with Crippen molar-refractivity contribution in [2.24, 2.45) is 0 Å². The van der Waals surface area contributed by atoms with Crippen LogP contribution in [0.5, 0.6) is 11.5 Å². The van der Waals surface area contributed by atoms with E-state index in [1.807, 2.05) is 12.1 Å². The summed E-state index contributed by atoms with van der Waals surface area (Å²) in [6.07, 6.45) is 18.3. The molecular weight excluding hydrogens is 474 g/mol. The molecule has 0 radical (unpaired) electrons. The van der Waals surface area contributed by atoms with Crippen LogP contribution in [0.25, 0.3) is 0 Å². The molecule has 0 aliphatic carbocycles. The van der Waals surface area contributed by atoms with Gasteiger partial charge in [0, 0.05) is 17.7 Å². The van der Waals surface area contributed by atoms with Gasteiger partial charge in [0.15, 0.2) is 0 Å². The molecule has 0 amide bonds. The van der Waals surface area contributed by atoms with Crippen molar-refractivity contribution in [3.8, 4) is 11.5 Å². The minimum Gasteiger partial charge on any atom is -0.508 e. The summed E-state index contributed by atoms with van der Waals surface area (Å²) in [7, 11) is 0. The Hall–Kier alpha value is -2.08. The van der Waals surface area contributed by atoms with Crippen molar-refractivity contribution in [3.63, 3.8) is 0 Å². The highest BCUT2D eigenvalue weighted by Crippen LogP contribution is 2.43. The van der Waals surface area contributed by atoms with Gasteiger partial charge in [-0.15, -0.1) is 0 Å². The van der Waals surface area contributed by atoms with Crippen molar-refractivity contribution in [2.45, 2.75) is 110 Å². The Morgan fingerprint density at radius 1 is 0.974 bits per heavy atom. The first-order chi connectivity index (χ1) is 18.2. The lowest BCUT2D eigenvalue weighted by atomic mass is 9.85. The molecule has 1 unspecified atom stereocenters. The van der Waals surface area contributed by atoms with Gasteiger partial charge in [-0.3, -0.25) is 4.90 Å². The summed E-state index contributed by atoms with van der Waals surface area (Å²) in [5.41, 5.74) is 6.63. The largest absolute Gasteiger partial charge is 0.508 e. The van der Waals surface area contributed by atoms with Crippen LogP contribution >= 0.6 is 0 Å². The fourth-order valence-corrected chi connectivity index (χ4v) is 5.73. The monoisotopic (exact) mass is 525 g/mol. The summed E-state index contributed by atoms with van der Waals surface area (Å²) < 4.78 is 6.70. The number of benzene rings is 1. The fourth-order valence-electron chi connectivity index (χ4n) is 5.73. The van der Waals surface area contributed by atoms with Gasteiger partial charge >= 0.3 is 0 Å². The number of rotatable bonds is 13. The molecule has 0 saturated carbocycles. The molecule has 1 fully saturated rings. The smallest absolute Gasteiger partial charge is 0.126 e. The highest BCUT2D eigenvalue weighted by molar-refractivity contribution is 5.54. The summed E-state index contributed by atoms with van der Waals surface area (Å²) >= 11 is 0. The molecule has 2 heterocycles. The second-order valence-corrected chi connectivity index (χ2v) is 11.8. The fraction of sp³-hybridized carbons (Fsp3) is 0.636. The van der Waals surface area contributed by atoms with Crippen LogP contribution in [0.4, 0.5) is 0 Å². The summed E-state index contributed by atoms with van der Waals surface area (Å²) in [4.78, 5) is 2.48. The predicted molar refractivity (Wildman–Crippen MR) is 157 cm³/mol. The maximum Gasteiger partial charge on any atom is 0.126 e. The molecule has 2 aliphatic rings. The van der Waals surface area contributed by atoms with Crippen LogP contribution in [0, 0.1) is 6.92 Å². The Balaban J connectivity index is 1.51. The number of phenolic OH excluding ortho intramolecular Hbond substituents is 1. The Morgan fingerprint density at radius 3 is 2.26 bits per heavy atom. The predicted octanol–water partition coefficient (Wildman–Crippen LogP) is 6.91. The molecule has 5 heteroatoms. The summed E-state index contributed by atoms with van der Waals surface area (Å²) in [6, 6.07) is 1.90. The van der Waals surface area contributed by atoms with Gasteiger partial charge in [-0.2, -0.15) is 0 Å². The van der Waals surface area contributed by atoms with Gasteiger partial charge in [0.05, 0.1) is 13.2 Å². The average molecular weight is 526 g/mol. The third-order valence-electron chi connectivity index (χ3n) is 8.32. The number of hydrogen-bond donors (Lipinski definition) is 3. The Morgan fingerprint density at radius 2 is 1.61 bits per heavy atom. The first kappa shape index (κ1) is 30.5. The van der Waals surface area contributed by atoms with E-state index in [1.54, 1.807) is 0 Å². The van der Waals surface area contributed by atoms with Crippen LogP contribution < -0.4 is 4.74 Å². The van der Waals surface area contributed by atoms with Crippen LogP contribution in [-0.4, -0.2) is 52.1 Å². The molecular formula is C33H51NO4. The van der Waals surface area contributed by atoms with Crippen molar-refractivity contribution in [1.82, 2.24) is 4.90 Å². The summed E-state index contributed by atoms with van der Waals surface area (Å²) in [5.74, 6) is 1.43. The van der Waals surface area contributed by atoms with Crippen LogP contribution in [0.1, 0.15) is 102 Å². The van der Waals surface area contributed by atoms with Gasteiger partial charge in [-0.25, -0.2) is 0 Å². The lowest BCUT2D eigenvalue weighted by Gasteiger charge is -2.38. The van der Waals surface area contributed by atoms with Crippen LogP contribution in [0.15, 0.2) is 41.0 Å². The second kappa shape index (κ2) is 14.9. The minimum atomic E-state index is -0.181. The number of aliphatic hydroxyl groups excluding tert-OH is 2. The lowest BCUT2D eigenvalue weighted by Crippen LogP contribution is -2.37. The molecule has 3 rings (SSSR count). The van der Waals surface area contributed by atoms with Gasteiger partial charge in [-0.1, -0.05) is 35.8 Å². The van der Waals surface area contributed by atoms with Gasteiger partial charge in [0.1, 0.15) is 17.1 Å². The molecule has 0 spiro atoms. The van der Waals surface area contributed by atoms with E-state index in [4.69, 9.17) is 14.9 Å². The second-order valence-electron chi connectivity index (χ2n) is 11.8. The molecule has 0 bridgehead atoms. The van der Waals surface area contributed by atoms with Crippen molar-refractivity contribution in [1.29, 1.82) is 0 Å². The van der Waals surface area contributed by atoms with Crippen LogP contribution in [0.3, 0.4) is 0 Å². The molecule has 1 atom stereocenters. The first-order valence-electron chi connectivity index (χ1n) is 14.7. The lowest BCUT2D eigenvalue weighted by molar-refractivity contribution is 0.0554. The minimum absolute atomic E-state index is 0.0666. The number of fused-ring (bicyclic) bond motifs is 1. The topological polar surface area (TPSA) is 73.2 Å². The number of aliphatic hydroxyl groups is 2. The highest BCUT2D eigenvalue weighted by Gasteiger charge is 2.34. The van der Waals surface area contributed by atoms with Crippen molar-refractivity contribution in [3.05, 3.63) is 57.7 Å². The van der Waals surface area contributed by atoms with E-state index in [-0.39, 0.29) is 18.8 Å². The van der Waals surface area contributed by atoms with Gasteiger partial charge in [0.2, 0.25) is 0 Å². The Kier molecular flexibility index (Phi) is 11.9. The molecule has 212 valence electrons. The van der Waals surface area contributed by atoms with Crippen molar-refractivity contribution in [2.75, 3.05) is 26.3 Å². The first-order valence-corrected chi connectivity index (χ1v) is 14.7. The molecule has 2 aliphatic heterocycles. The van der Waals surface area contributed by atoms with Crippen LogP contribution in [-0.2, 0) is 13.0 Å². The number of hydrogen-bond acceptors (Lipinski definition) is 5. The van der Waals surface area contributed by atoms with E-state index in [0.29, 0.717) is 11.3 Å². The van der Waals surface area contributed by atoms with E-state index in [0.717, 1.165) is 87.9 Å². The van der Waals surface area contributed by atoms with Gasteiger partial charge in [-0.05, 0) is 122 Å². The number of ether oxygens (including phenoxy) is 1. The number of nitrogens with zero attached hydrogens (tertiary/aromatic N) is 1. The maximum atomic E-state index is 10.8. The molecule has 5 nitrogen and oxygen atoms in total. The van der Waals surface area contributed by atoms with E-state index in [9.17, 15) is 5.11 Å². The highest BCUT2D eigenvalue weighted by atomic mass is 16.5. The van der Waals surface area contributed by atoms with E-state index in [1.165, 1.54) is 36.0 Å². The average Bonchev–Trinajstić information content (AvgIpc) is 2.90. The normalized spacial score (nSPS) is 20.7. The van der Waals surface area contributed by atoms with E-state index >= 15 is 0 Å². The number of allylic oxidation sites excluding steroid dienone is 5. The van der Waals surface area contributed by atoms with Gasteiger partial charge < -0.3 is 20.1 Å². The summed E-state index contributed by atoms with van der Waals surface area (Å²) in [6.45, 7) is 11.6. The number of piperidine rings is 1. The van der Waals surface area contributed by atoms with Crippen molar-refractivity contribution >= 4 is 0 Å². The molecule has 0 aromatic heterocycles. The van der Waals surface area contributed by atoms with Gasteiger partial charge in [0.25, 0.3) is 0 Å². The zero-order valence-corrected chi connectivity index (χ0v) is 24.3. The number of likely N-dealkylation sites (tertiary alicyclic amines) is 1. The number of phenols is 1. The zero-order valence-electron chi connectivity index (χ0n) is 24.3. The van der Waals surface area contributed by atoms with E-state index < -0.39 is 0 Å². The molecule has 1 aromatic carbocycles. The SMILES string of the molecule is C/C(=C\CC/C(C)=C/CCC1(C)CCc2c(CN3CCCCC3)c(O)cc(C)c2O1)CCC=C(CO)CO. The molecule has 3 N–H and O–H groups in total.